The summed E-state index contributed by atoms with van der Waals surface area (Å²) in [4.78, 5) is 2.55. The molecule has 1 aliphatic carbocycles. The normalized spacial score (nSPS) is 20.9. The Balaban J connectivity index is 1.55. The van der Waals surface area contributed by atoms with Gasteiger partial charge in [-0.2, -0.15) is 8.42 Å². The van der Waals surface area contributed by atoms with Gasteiger partial charge in [0.15, 0.2) is 0 Å². The molecule has 0 radical (unpaired) electrons. The van der Waals surface area contributed by atoms with Crippen LogP contribution in [-0.2, 0) is 32.4 Å². The van der Waals surface area contributed by atoms with E-state index in [4.69, 9.17) is 9.29 Å². The zero-order chi connectivity index (χ0) is 21.4. The second-order valence-corrected chi connectivity index (χ2v) is 9.02. The first kappa shape index (κ1) is 22.9. The molecule has 1 atom stereocenters. The highest BCUT2D eigenvalue weighted by atomic mass is 32.3. The quantitative estimate of drug-likeness (QED) is 0.565. The Morgan fingerprint density at radius 3 is 1.90 bits per heavy atom. The molecule has 1 unspecified atom stereocenters. The van der Waals surface area contributed by atoms with Gasteiger partial charge in [0, 0.05) is 19.1 Å². The minimum absolute atomic E-state index is 0.0870. The van der Waals surface area contributed by atoms with Gasteiger partial charge in [-0.25, -0.2) is 4.18 Å². The van der Waals surface area contributed by atoms with Crippen molar-refractivity contribution in [3.05, 3.63) is 71.8 Å². The van der Waals surface area contributed by atoms with Crippen LogP contribution in [0.5, 0.6) is 0 Å². The molecule has 164 valence electrons. The Hall–Kier alpha value is -1.77. The van der Waals surface area contributed by atoms with Crippen LogP contribution < -0.4 is 0 Å². The molecule has 0 aliphatic heterocycles. The maximum atomic E-state index is 10.8. The van der Waals surface area contributed by atoms with Gasteiger partial charge in [-0.3, -0.25) is 9.45 Å². The Morgan fingerprint density at radius 2 is 1.43 bits per heavy atom. The van der Waals surface area contributed by atoms with Gasteiger partial charge in [0.25, 0.3) is 0 Å². The van der Waals surface area contributed by atoms with Crippen LogP contribution in [0.25, 0.3) is 0 Å². The smallest absolute Gasteiger partial charge is 0.375 e. The minimum Gasteiger partial charge on any atom is -0.375 e. The molecule has 0 spiro atoms. The molecule has 0 saturated heterocycles. The summed E-state index contributed by atoms with van der Waals surface area (Å²) in [5.41, 5.74) is 2.62. The largest absolute Gasteiger partial charge is 0.397 e. The Morgan fingerprint density at radius 1 is 0.933 bits per heavy atom. The zero-order valence-electron chi connectivity index (χ0n) is 17.4. The Kier molecular flexibility index (Phi) is 8.41. The number of hydrogen-bond donors (Lipinski definition) is 1. The van der Waals surface area contributed by atoms with Crippen molar-refractivity contribution in [2.24, 2.45) is 0 Å². The summed E-state index contributed by atoms with van der Waals surface area (Å²) < 4.78 is 40.7. The highest BCUT2D eigenvalue weighted by Gasteiger charge is 2.27. The van der Waals surface area contributed by atoms with Crippen LogP contribution in [0.1, 0.15) is 43.7 Å². The van der Waals surface area contributed by atoms with E-state index in [2.05, 4.69) is 57.6 Å². The fraction of sp³-hybridized carbons (Fsp3) is 0.478. The van der Waals surface area contributed by atoms with Gasteiger partial charge in [-0.1, -0.05) is 60.7 Å². The van der Waals surface area contributed by atoms with E-state index < -0.39 is 16.5 Å². The lowest BCUT2D eigenvalue weighted by Crippen LogP contribution is -2.39. The van der Waals surface area contributed by atoms with E-state index in [1.165, 1.54) is 11.1 Å². The molecule has 0 heterocycles. The van der Waals surface area contributed by atoms with Crippen molar-refractivity contribution in [1.29, 1.82) is 0 Å². The molecule has 2 aromatic carbocycles. The van der Waals surface area contributed by atoms with Crippen LogP contribution in [0.3, 0.4) is 0 Å². The van der Waals surface area contributed by atoms with Crippen molar-refractivity contribution in [2.75, 3.05) is 6.61 Å². The van der Waals surface area contributed by atoms with Crippen LogP contribution in [0, 0.1) is 0 Å². The maximum absolute atomic E-state index is 10.8. The van der Waals surface area contributed by atoms with E-state index in [0.29, 0.717) is 6.04 Å². The lowest BCUT2D eigenvalue weighted by molar-refractivity contribution is -0.0257. The molecule has 0 amide bonds. The molecule has 30 heavy (non-hydrogen) atoms. The van der Waals surface area contributed by atoms with Gasteiger partial charge in [0.2, 0.25) is 0 Å². The SMILES string of the molecule is CC(CO[C@H]1CC[C@H](N(Cc2ccccc2)Cc2ccccc2)CC1)OS(=O)(=O)O. The summed E-state index contributed by atoms with van der Waals surface area (Å²) in [5, 5.41) is 0. The fourth-order valence-electron chi connectivity index (χ4n) is 4.03. The van der Waals surface area contributed by atoms with Crippen molar-refractivity contribution in [3.63, 3.8) is 0 Å². The van der Waals surface area contributed by atoms with Gasteiger partial charge in [-0.15, -0.1) is 0 Å². The molecule has 7 heteroatoms. The molecule has 3 rings (SSSR count). The van der Waals surface area contributed by atoms with Gasteiger partial charge in [0.1, 0.15) is 0 Å². The predicted molar refractivity (Wildman–Crippen MR) is 116 cm³/mol. The molecule has 1 fully saturated rings. The molecule has 0 aromatic heterocycles. The van der Waals surface area contributed by atoms with Crippen molar-refractivity contribution in [3.8, 4) is 0 Å². The lowest BCUT2D eigenvalue weighted by atomic mass is 9.91. The van der Waals surface area contributed by atoms with Crippen LogP contribution >= 0.6 is 0 Å². The van der Waals surface area contributed by atoms with Gasteiger partial charge >= 0.3 is 10.4 Å². The van der Waals surface area contributed by atoms with Crippen molar-refractivity contribution in [2.45, 2.75) is 63.9 Å². The average molecular weight is 434 g/mol. The summed E-state index contributed by atoms with van der Waals surface area (Å²) in [6, 6.07) is 21.6. The summed E-state index contributed by atoms with van der Waals surface area (Å²) in [6.07, 6.45) is 3.27. The molecular formula is C23H31NO5S. The maximum Gasteiger partial charge on any atom is 0.397 e. The fourth-order valence-corrected chi connectivity index (χ4v) is 4.50. The van der Waals surface area contributed by atoms with E-state index in [1.807, 2.05) is 12.1 Å². The zero-order valence-corrected chi connectivity index (χ0v) is 18.2. The van der Waals surface area contributed by atoms with Crippen LogP contribution in [0.4, 0.5) is 0 Å². The van der Waals surface area contributed by atoms with E-state index in [-0.39, 0.29) is 12.7 Å². The Bertz CT molecular complexity index is 810. The topological polar surface area (TPSA) is 76.1 Å². The first-order chi connectivity index (χ1) is 14.4. The van der Waals surface area contributed by atoms with E-state index in [0.717, 1.165) is 38.8 Å². The first-order valence-electron chi connectivity index (χ1n) is 10.5. The third-order valence-corrected chi connectivity index (χ3v) is 6.04. The van der Waals surface area contributed by atoms with E-state index in [9.17, 15) is 8.42 Å². The van der Waals surface area contributed by atoms with Gasteiger partial charge < -0.3 is 4.74 Å². The molecule has 1 N–H and O–H groups in total. The molecule has 2 aromatic rings. The summed E-state index contributed by atoms with van der Waals surface area (Å²) >= 11 is 0. The van der Waals surface area contributed by atoms with Crippen molar-refractivity contribution >= 4 is 10.4 Å². The van der Waals surface area contributed by atoms with Gasteiger partial charge in [-0.05, 0) is 43.7 Å². The van der Waals surface area contributed by atoms with Crippen LogP contribution in [0.2, 0.25) is 0 Å². The average Bonchev–Trinajstić information content (AvgIpc) is 2.72. The van der Waals surface area contributed by atoms with Crippen molar-refractivity contribution in [1.82, 2.24) is 4.90 Å². The van der Waals surface area contributed by atoms with Gasteiger partial charge in [0.05, 0.1) is 18.8 Å². The second kappa shape index (κ2) is 11.0. The number of ether oxygens (including phenoxy) is 1. The van der Waals surface area contributed by atoms with Crippen molar-refractivity contribution < 1.29 is 21.9 Å². The van der Waals surface area contributed by atoms with E-state index >= 15 is 0 Å². The summed E-state index contributed by atoms with van der Waals surface area (Å²) in [6.45, 7) is 3.53. The molecule has 6 nitrogen and oxygen atoms in total. The highest BCUT2D eigenvalue weighted by molar-refractivity contribution is 7.80. The number of rotatable bonds is 10. The number of hydrogen-bond acceptors (Lipinski definition) is 5. The number of nitrogens with zero attached hydrogens (tertiary/aromatic N) is 1. The van der Waals surface area contributed by atoms with E-state index in [1.54, 1.807) is 6.92 Å². The monoisotopic (exact) mass is 433 g/mol. The number of benzene rings is 2. The first-order valence-corrected chi connectivity index (χ1v) is 11.8. The standard InChI is InChI=1S/C23H31NO5S/c1-19(29-30(25,26)27)18-28-23-14-12-22(13-15-23)24(16-20-8-4-2-5-9-20)17-21-10-6-3-7-11-21/h2-11,19,22-23H,12-18H2,1H3,(H,25,26,27)/t19?,22-,23-. The van der Waals surface area contributed by atoms with Crippen LogP contribution in [-0.4, -0.2) is 42.7 Å². The summed E-state index contributed by atoms with van der Waals surface area (Å²) in [7, 11) is -4.44. The molecular weight excluding hydrogens is 402 g/mol. The predicted octanol–water partition coefficient (Wildman–Crippen LogP) is 4.22. The third kappa shape index (κ3) is 7.81. The third-order valence-electron chi connectivity index (χ3n) is 5.47. The second-order valence-electron chi connectivity index (χ2n) is 7.97. The van der Waals surface area contributed by atoms with Crippen LogP contribution in [0.15, 0.2) is 60.7 Å². The highest BCUT2D eigenvalue weighted by Crippen LogP contribution is 2.28. The molecule has 1 aliphatic rings. The molecule has 0 bridgehead atoms. The molecule has 1 saturated carbocycles. The Labute approximate surface area is 179 Å². The minimum atomic E-state index is -4.44. The summed E-state index contributed by atoms with van der Waals surface area (Å²) in [5.74, 6) is 0. The lowest BCUT2D eigenvalue weighted by Gasteiger charge is -2.37.